The monoisotopic (exact) mass is 376 g/mol. The molecule has 1 aliphatic heterocycles. The first kappa shape index (κ1) is 15.8. The van der Waals surface area contributed by atoms with Crippen LogP contribution < -0.4 is 0 Å². The summed E-state index contributed by atoms with van der Waals surface area (Å²) < 4.78 is 49.9. The van der Waals surface area contributed by atoms with Gasteiger partial charge in [-0.3, -0.25) is 0 Å². The van der Waals surface area contributed by atoms with Crippen molar-refractivity contribution in [2.24, 2.45) is 0 Å². The van der Waals surface area contributed by atoms with Gasteiger partial charge in [-0.25, -0.2) is 16.8 Å². The van der Waals surface area contributed by atoms with Crippen LogP contribution in [-0.4, -0.2) is 22.6 Å². The topological polar surface area (TPSA) is 68.3 Å². The van der Waals surface area contributed by atoms with Gasteiger partial charge in [0.05, 0.1) is 25.6 Å². The molecule has 1 unspecified atom stereocenters. The van der Waals surface area contributed by atoms with Crippen LogP contribution in [0.5, 0.6) is 0 Å². The maximum absolute atomic E-state index is 12.8. The molecule has 0 bridgehead atoms. The summed E-state index contributed by atoms with van der Waals surface area (Å²) in [7, 11) is -7.49. The highest BCUT2D eigenvalue weighted by molar-refractivity contribution is 7.96. The molecule has 1 aliphatic rings. The van der Waals surface area contributed by atoms with Crippen molar-refractivity contribution >= 4 is 42.9 Å². The van der Waals surface area contributed by atoms with Crippen LogP contribution in [0.4, 0.5) is 0 Å². The third-order valence-corrected chi connectivity index (χ3v) is 8.41. The van der Waals surface area contributed by atoms with Crippen molar-refractivity contribution in [3.8, 4) is 0 Å². The van der Waals surface area contributed by atoms with Crippen LogP contribution >= 0.6 is 23.2 Å². The van der Waals surface area contributed by atoms with Gasteiger partial charge in [-0.2, -0.15) is 0 Å². The molecular formula is C14H10Cl2O4S2. The molecule has 0 spiro atoms. The first-order chi connectivity index (χ1) is 10.2. The first-order valence-electron chi connectivity index (χ1n) is 6.24. The lowest BCUT2D eigenvalue weighted by atomic mass is 10.2. The summed E-state index contributed by atoms with van der Waals surface area (Å²) in [5, 5.41) is -0.789. The van der Waals surface area contributed by atoms with Gasteiger partial charge in [-0.05, 0) is 29.8 Å². The summed E-state index contributed by atoms with van der Waals surface area (Å²) in [5.41, 5.74) is 0.300. The third kappa shape index (κ3) is 2.44. The second kappa shape index (κ2) is 5.23. The molecular weight excluding hydrogens is 367 g/mol. The maximum atomic E-state index is 12.8. The molecule has 0 aliphatic carbocycles. The molecule has 0 aromatic heterocycles. The Morgan fingerprint density at radius 3 is 2.36 bits per heavy atom. The molecule has 2 aromatic rings. The van der Waals surface area contributed by atoms with Gasteiger partial charge in [0, 0.05) is 0 Å². The summed E-state index contributed by atoms with van der Waals surface area (Å²) in [4.78, 5) is 0.0300. The van der Waals surface area contributed by atoms with Gasteiger partial charge < -0.3 is 0 Å². The second-order valence-corrected chi connectivity index (χ2v) is 9.88. The summed E-state index contributed by atoms with van der Waals surface area (Å²) >= 11 is 11.7. The number of rotatable bonds is 2. The van der Waals surface area contributed by atoms with Crippen molar-refractivity contribution in [1.82, 2.24) is 0 Å². The van der Waals surface area contributed by atoms with Gasteiger partial charge in [0.15, 0.2) is 19.7 Å². The summed E-state index contributed by atoms with van der Waals surface area (Å²) in [6.07, 6.45) is 0. The lowest BCUT2D eigenvalue weighted by Crippen LogP contribution is -2.15. The number of sulfone groups is 2. The van der Waals surface area contributed by atoms with Crippen LogP contribution in [0.25, 0.3) is 0 Å². The molecule has 0 saturated heterocycles. The largest absolute Gasteiger partial charge is 0.224 e. The molecule has 1 heterocycles. The average molecular weight is 377 g/mol. The van der Waals surface area contributed by atoms with Crippen LogP contribution in [-0.2, 0) is 19.7 Å². The van der Waals surface area contributed by atoms with Crippen LogP contribution in [0.3, 0.4) is 0 Å². The van der Waals surface area contributed by atoms with Gasteiger partial charge in [-0.1, -0.05) is 41.4 Å². The zero-order valence-electron chi connectivity index (χ0n) is 11.0. The van der Waals surface area contributed by atoms with E-state index < -0.39 is 30.7 Å². The van der Waals surface area contributed by atoms with Gasteiger partial charge in [-0.15, -0.1) is 0 Å². The zero-order valence-corrected chi connectivity index (χ0v) is 14.2. The maximum Gasteiger partial charge on any atom is 0.186 e. The van der Waals surface area contributed by atoms with Crippen molar-refractivity contribution in [2.45, 2.75) is 15.0 Å². The SMILES string of the molecule is O=S1(=O)CC(S(=O)(=O)c2ccc(Cl)c(Cl)c2)c2ccccc21. The number of benzene rings is 2. The highest BCUT2D eigenvalue weighted by Crippen LogP contribution is 2.41. The van der Waals surface area contributed by atoms with E-state index >= 15 is 0 Å². The Hall–Kier alpha value is -1.08. The number of fused-ring (bicyclic) bond motifs is 1. The first-order valence-corrected chi connectivity index (χ1v) is 10.2. The highest BCUT2D eigenvalue weighted by Gasteiger charge is 2.42. The Morgan fingerprint density at radius 1 is 1.00 bits per heavy atom. The predicted octanol–water partition coefficient (Wildman–Crippen LogP) is 3.30. The Kier molecular flexibility index (Phi) is 3.76. The van der Waals surface area contributed by atoms with Crippen molar-refractivity contribution in [3.63, 3.8) is 0 Å². The fraction of sp³-hybridized carbons (Fsp3) is 0.143. The molecule has 4 nitrogen and oxygen atoms in total. The molecule has 8 heteroatoms. The normalized spacial score (nSPS) is 19.8. The molecule has 1 atom stereocenters. The number of halogens is 2. The number of hydrogen-bond donors (Lipinski definition) is 0. The standard InChI is InChI=1S/C14H10Cl2O4S2/c15-11-6-5-9(7-12(11)16)22(19,20)14-8-21(17,18)13-4-2-1-3-10(13)14/h1-7,14H,8H2. The summed E-state index contributed by atoms with van der Waals surface area (Å²) in [5.74, 6) is -0.463. The van der Waals surface area contributed by atoms with E-state index in [1.165, 1.54) is 30.3 Å². The fourth-order valence-corrected chi connectivity index (χ4v) is 7.20. The van der Waals surface area contributed by atoms with E-state index in [2.05, 4.69) is 0 Å². The Bertz CT molecular complexity index is 966. The Morgan fingerprint density at radius 2 is 1.68 bits per heavy atom. The van der Waals surface area contributed by atoms with E-state index in [1.54, 1.807) is 12.1 Å². The molecule has 0 N–H and O–H groups in total. The predicted molar refractivity (Wildman–Crippen MR) is 84.9 cm³/mol. The Labute approximate surface area is 138 Å². The van der Waals surface area contributed by atoms with Crippen LogP contribution in [0.2, 0.25) is 10.0 Å². The number of hydrogen-bond acceptors (Lipinski definition) is 4. The van der Waals surface area contributed by atoms with E-state index in [0.717, 1.165) is 0 Å². The van der Waals surface area contributed by atoms with E-state index in [0.29, 0.717) is 5.56 Å². The van der Waals surface area contributed by atoms with Gasteiger partial charge in [0.25, 0.3) is 0 Å². The van der Waals surface area contributed by atoms with Crippen molar-refractivity contribution in [3.05, 3.63) is 58.1 Å². The third-order valence-electron chi connectivity index (χ3n) is 3.57. The minimum Gasteiger partial charge on any atom is -0.224 e. The van der Waals surface area contributed by atoms with Crippen LogP contribution in [0.1, 0.15) is 10.8 Å². The minimum absolute atomic E-state index is 0.0428. The lowest BCUT2D eigenvalue weighted by molar-refractivity contribution is 0.582. The van der Waals surface area contributed by atoms with Gasteiger partial charge in [0.1, 0.15) is 5.25 Å². The molecule has 2 aromatic carbocycles. The molecule has 22 heavy (non-hydrogen) atoms. The molecule has 0 saturated carbocycles. The quantitative estimate of drug-likeness (QED) is 0.806. The van der Waals surface area contributed by atoms with Crippen molar-refractivity contribution in [2.75, 3.05) is 5.75 Å². The van der Waals surface area contributed by atoms with Crippen LogP contribution in [0.15, 0.2) is 52.3 Å². The van der Waals surface area contributed by atoms with E-state index in [-0.39, 0.29) is 19.8 Å². The van der Waals surface area contributed by atoms with Crippen LogP contribution in [0, 0.1) is 0 Å². The lowest BCUT2D eigenvalue weighted by Gasteiger charge is -2.12. The molecule has 0 radical (unpaired) electrons. The Balaban J connectivity index is 2.17. The smallest absolute Gasteiger partial charge is 0.186 e. The van der Waals surface area contributed by atoms with E-state index in [1.807, 2.05) is 0 Å². The molecule has 3 rings (SSSR count). The van der Waals surface area contributed by atoms with E-state index in [4.69, 9.17) is 23.2 Å². The average Bonchev–Trinajstić information content (AvgIpc) is 2.75. The van der Waals surface area contributed by atoms with Crippen molar-refractivity contribution in [1.29, 1.82) is 0 Å². The van der Waals surface area contributed by atoms with Gasteiger partial charge in [0.2, 0.25) is 0 Å². The summed E-state index contributed by atoms with van der Waals surface area (Å²) in [6.45, 7) is 0. The van der Waals surface area contributed by atoms with E-state index in [9.17, 15) is 16.8 Å². The van der Waals surface area contributed by atoms with Crippen molar-refractivity contribution < 1.29 is 16.8 Å². The second-order valence-electron chi connectivity index (χ2n) is 4.93. The molecule has 0 fully saturated rings. The molecule has 116 valence electrons. The molecule has 0 amide bonds. The van der Waals surface area contributed by atoms with Gasteiger partial charge >= 0.3 is 0 Å². The fourth-order valence-electron chi connectivity index (χ4n) is 2.48. The minimum atomic E-state index is -3.88. The zero-order chi connectivity index (χ0) is 16.1. The highest BCUT2D eigenvalue weighted by atomic mass is 35.5. The summed E-state index contributed by atoms with van der Waals surface area (Å²) in [6, 6.07) is 10.1.